The van der Waals surface area contributed by atoms with Gasteiger partial charge in [-0.25, -0.2) is 0 Å². The van der Waals surface area contributed by atoms with Gasteiger partial charge in [-0.2, -0.15) is 0 Å². The molecule has 0 unspecified atom stereocenters. The van der Waals surface area contributed by atoms with E-state index in [2.05, 4.69) is 5.16 Å². The lowest BCUT2D eigenvalue weighted by Crippen LogP contribution is -2.36. The number of rotatable bonds is 6. The fraction of sp³-hybridized carbons (Fsp3) is 0.467. The Morgan fingerprint density at radius 2 is 2.14 bits per heavy atom. The smallest absolute Gasteiger partial charge is 0.253 e. The lowest BCUT2D eigenvalue weighted by Gasteiger charge is -2.24. The highest BCUT2D eigenvalue weighted by Crippen LogP contribution is 2.18. The average Bonchev–Trinajstić information content (AvgIpc) is 2.44. The van der Waals surface area contributed by atoms with E-state index in [0.717, 1.165) is 5.56 Å². The third-order valence-electron chi connectivity index (χ3n) is 3.06. The third kappa shape index (κ3) is 5.27. The molecule has 3 N–H and O–H groups in total. The van der Waals surface area contributed by atoms with Crippen LogP contribution in [0.15, 0.2) is 23.4 Å². The Morgan fingerprint density at radius 1 is 1.48 bits per heavy atom. The molecule has 116 valence electrons. The zero-order valence-corrected chi connectivity index (χ0v) is 13.4. The van der Waals surface area contributed by atoms with Crippen LogP contribution in [0.3, 0.4) is 0 Å². The molecule has 0 saturated carbocycles. The zero-order valence-electron chi connectivity index (χ0n) is 12.6. The molecule has 0 radical (unpaired) electrons. The predicted molar refractivity (Wildman–Crippen MR) is 85.0 cm³/mol. The van der Waals surface area contributed by atoms with E-state index < -0.39 is 0 Å². The van der Waals surface area contributed by atoms with Crippen LogP contribution in [0.5, 0.6) is 0 Å². The summed E-state index contributed by atoms with van der Waals surface area (Å²) in [7, 11) is 0. The summed E-state index contributed by atoms with van der Waals surface area (Å²) >= 11 is 6.08. The predicted octanol–water partition coefficient (Wildman–Crippen LogP) is 2.88. The van der Waals surface area contributed by atoms with E-state index in [-0.39, 0.29) is 11.7 Å². The number of amidine groups is 1. The van der Waals surface area contributed by atoms with Crippen LogP contribution in [0, 0.1) is 12.8 Å². The Labute approximate surface area is 130 Å². The Kier molecular flexibility index (Phi) is 6.49. The molecular formula is C15H22ClN3O2. The van der Waals surface area contributed by atoms with Crippen molar-refractivity contribution in [1.29, 1.82) is 0 Å². The molecule has 1 amide bonds. The second kappa shape index (κ2) is 7.88. The number of nitrogens with two attached hydrogens (primary N) is 1. The molecule has 0 aliphatic rings. The number of halogens is 1. The minimum atomic E-state index is -0.101. The van der Waals surface area contributed by atoms with Crippen LogP contribution in [-0.4, -0.2) is 34.9 Å². The summed E-state index contributed by atoms with van der Waals surface area (Å²) in [5.41, 5.74) is 6.95. The molecule has 0 atom stereocenters. The topological polar surface area (TPSA) is 78.9 Å². The van der Waals surface area contributed by atoms with Crippen molar-refractivity contribution in [2.24, 2.45) is 16.8 Å². The SMILES string of the molecule is Cc1ccc(C(=O)N(CCC(N)=NO)CC(C)C)cc1Cl. The van der Waals surface area contributed by atoms with E-state index in [9.17, 15) is 4.79 Å². The first-order valence-electron chi connectivity index (χ1n) is 6.87. The second-order valence-electron chi connectivity index (χ2n) is 5.45. The van der Waals surface area contributed by atoms with Gasteiger partial charge in [0.1, 0.15) is 5.84 Å². The fourth-order valence-electron chi connectivity index (χ4n) is 1.92. The van der Waals surface area contributed by atoms with Crippen molar-refractivity contribution in [1.82, 2.24) is 4.90 Å². The van der Waals surface area contributed by atoms with Crippen LogP contribution >= 0.6 is 11.6 Å². The van der Waals surface area contributed by atoms with Gasteiger partial charge in [0, 0.05) is 30.1 Å². The number of carbonyl (C=O) groups excluding carboxylic acids is 1. The highest BCUT2D eigenvalue weighted by atomic mass is 35.5. The van der Waals surface area contributed by atoms with Crippen LogP contribution in [0.2, 0.25) is 5.02 Å². The van der Waals surface area contributed by atoms with E-state index >= 15 is 0 Å². The summed E-state index contributed by atoms with van der Waals surface area (Å²) < 4.78 is 0. The molecule has 0 heterocycles. The van der Waals surface area contributed by atoms with Crippen LogP contribution in [-0.2, 0) is 0 Å². The van der Waals surface area contributed by atoms with Crippen molar-refractivity contribution in [2.45, 2.75) is 27.2 Å². The molecule has 1 aromatic carbocycles. The minimum Gasteiger partial charge on any atom is -0.409 e. The molecule has 0 bridgehead atoms. The summed E-state index contributed by atoms with van der Waals surface area (Å²) in [5.74, 6) is 0.331. The average molecular weight is 312 g/mol. The number of amides is 1. The first-order valence-corrected chi connectivity index (χ1v) is 7.24. The molecule has 0 fully saturated rings. The summed E-state index contributed by atoms with van der Waals surface area (Å²) in [6, 6.07) is 5.27. The molecule has 21 heavy (non-hydrogen) atoms. The van der Waals surface area contributed by atoms with Gasteiger partial charge in [0.25, 0.3) is 5.91 Å². The molecule has 1 aromatic rings. The summed E-state index contributed by atoms with van der Waals surface area (Å²) in [4.78, 5) is 14.3. The van der Waals surface area contributed by atoms with E-state index in [4.69, 9.17) is 22.5 Å². The molecule has 5 nitrogen and oxygen atoms in total. The first kappa shape index (κ1) is 17.3. The largest absolute Gasteiger partial charge is 0.409 e. The highest BCUT2D eigenvalue weighted by Gasteiger charge is 2.18. The van der Waals surface area contributed by atoms with Gasteiger partial charge in [0.2, 0.25) is 0 Å². The van der Waals surface area contributed by atoms with Crippen molar-refractivity contribution < 1.29 is 10.0 Å². The van der Waals surface area contributed by atoms with Gasteiger partial charge in [0.15, 0.2) is 0 Å². The van der Waals surface area contributed by atoms with Crippen LogP contribution in [0.4, 0.5) is 0 Å². The maximum atomic E-state index is 12.6. The summed E-state index contributed by atoms with van der Waals surface area (Å²) in [5, 5.41) is 12.1. The number of carbonyl (C=O) groups is 1. The fourth-order valence-corrected chi connectivity index (χ4v) is 2.11. The maximum absolute atomic E-state index is 12.6. The van der Waals surface area contributed by atoms with Gasteiger partial charge in [-0.05, 0) is 30.5 Å². The van der Waals surface area contributed by atoms with Crippen molar-refractivity contribution in [2.75, 3.05) is 13.1 Å². The van der Waals surface area contributed by atoms with Crippen LogP contribution in [0.25, 0.3) is 0 Å². The van der Waals surface area contributed by atoms with E-state index in [1.807, 2.05) is 26.8 Å². The van der Waals surface area contributed by atoms with E-state index in [1.165, 1.54) is 0 Å². The van der Waals surface area contributed by atoms with Crippen LogP contribution < -0.4 is 5.73 Å². The number of nitrogens with zero attached hydrogens (tertiary/aromatic N) is 2. The number of aryl methyl sites for hydroxylation is 1. The Morgan fingerprint density at radius 3 is 2.67 bits per heavy atom. The van der Waals surface area contributed by atoms with Crippen molar-refractivity contribution in [3.05, 3.63) is 34.3 Å². The molecule has 0 saturated heterocycles. The van der Waals surface area contributed by atoms with Gasteiger partial charge in [-0.1, -0.05) is 36.7 Å². The van der Waals surface area contributed by atoms with Gasteiger partial charge in [-0.3, -0.25) is 4.79 Å². The lowest BCUT2D eigenvalue weighted by atomic mass is 10.1. The number of hydrogen-bond acceptors (Lipinski definition) is 3. The molecular weight excluding hydrogens is 290 g/mol. The number of benzene rings is 1. The lowest BCUT2D eigenvalue weighted by molar-refractivity contribution is 0.0740. The Balaban J connectivity index is 2.90. The van der Waals surface area contributed by atoms with Gasteiger partial charge < -0.3 is 15.8 Å². The molecule has 6 heteroatoms. The normalized spacial score (nSPS) is 11.8. The van der Waals surface area contributed by atoms with E-state index in [1.54, 1.807) is 17.0 Å². The molecule has 0 spiro atoms. The van der Waals surface area contributed by atoms with E-state index in [0.29, 0.717) is 36.0 Å². The Hall–Kier alpha value is -1.75. The highest BCUT2D eigenvalue weighted by molar-refractivity contribution is 6.31. The monoisotopic (exact) mass is 311 g/mol. The van der Waals surface area contributed by atoms with Crippen molar-refractivity contribution in [3.63, 3.8) is 0 Å². The van der Waals surface area contributed by atoms with Gasteiger partial charge in [-0.15, -0.1) is 0 Å². The molecule has 0 aliphatic carbocycles. The molecule has 0 aliphatic heterocycles. The van der Waals surface area contributed by atoms with Crippen molar-refractivity contribution >= 4 is 23.3 Å². The van der Waals surface area contributed by atoms with Gasteiger partial charge in [0.05, 0.1) is 0 Å². The van der Waals surface area contributed by atoms with Crippen molar-refractivity contribution in [3.8, 4) is 0 Å². The zero-order chi connectivity index (χ0) is 16.0. The molecule has 1 rings (SSSR count). The second-order valence-corrected chi connectivity index (χ2v) is 5.86. The standard InChI is InChI=1S/C15H22ClN3O2/c1-10(2)9-19(7-6-14(17)18-21)15(20)12-5-4-11(3)13(16)8-12/h4-5,8,10,21H,6-7,9H2,1-3H3,(H2,17,18). The molecule has 0 aromatic heterocycles. The number of hydrogen-bond donors (Lipinski definition) is 2. The Bertz CT molecular complexity index is 530. The quantitative estimate of drug-likeness (QED) is 0.367. The van der Waals surface area contributed by atoms with Gasteiger partial charge >= 0.3 is 0 Å². The number of oxime groups is 1. The summed E-state index contributed by atoms with van der Waals surface area (Å²) in [6.07, 6.45) is 0.328. The minimum absolute atomic E-state index is 0.101. The maximum Gasteiger partial charge on any atom is 0.253 e. The first-order chi connectivity index (χ1) is 9.85. The van der Waals surface area contributed by atoms with Crippen LogP contribution in [0.1, 0.15) is 36.2 Å². The summed E-state index contributed by atoms with van der Waals surface area (Å²) in [6.45, 7) is 6.96. The third-order valence-corrected chi connectivity index (χ3v) is 3.47.